The number of hydrogen-bond acceptors (Lipinski definition) is 4. The molecule has 0 spiro atoms. The molecule has 0 bridgehead atoms. The third-order valence-corrected chi connectivity index (χ3v) is 1.52. The van der Waals surface area contributed by atoms with Crippen molar-refractivity contribution >= 4 is 5.78 Å². The van der Waals surface area contributed by atoms with Crippen LogP contribution in [-0.4, -0.2) is 36.0 Å². The SMILES string of the molecule is O=C1COC(O)C2OC12. The summed E-state index contributed by atoms with van der Waals surface area (Å²) >= 11 is 0. The van der Waals surface area contributed by atoms with E-state index in [2.05, 4.69) is 4.74 Å². The van der Waals surface area contributed by atoms with Crippen LogP contribution in [0.3, 0.4) is 0 Å². The molecule has 2 aliphatic rings. The largest absolute Gasteiger partial charge is 0.366 e. The lowest BCUT2D eigenvalue weighted by Crippen LogP contribution is -2.33. The van der Waals surface area contributed by atoms with Crippen molar-refractivity contribution in [2.45, 2.75) is 18.5 Å². The number of hydrogen-bond donors (Lipinski definition) is 1. The van der Waals surface area contributed by atoms with Crippen LogP contribution < -0.4 is 0 Å². The molecule has 2 aliphatic heterocycles. The first-order chi connectivity index (χ1) is 4.29. The fourth-order valence-corrected chi connectivity index (χ4v) is 0.944. The topological polar surface area (TPSA) is 59.1 Å². The highest BCUT2D eigenvalue weighted by Crippen LogP contribution is 2.30. The summed E-state index contributed by atoms with van der Waals surface area (Å²) in [5, 5.41) is 8.84. The highest BCUT2D eigenvalue weighted by atomic mass is 16.7. The molecule has 2 saturated heterocycles. The van der Waals surface area contributed by atoms with Crippen molar-refractivity contribution < 1.29 is 19.4 Å². The molecule has 0 aromatic heterocycles. The van der Waals surface area contributed by atoms with Gasteiger partial charge in [0, 0.05) is 0 Å². The summed E-state index contributed by atoms with van der Waals surface area (Å²) < 4.78 is 9.40. The summed E-state index contributed by atoms with van der Waals surface area (Å²) in [7, 11) is 0. The van der Waals surface area contributed by atoms with Gasteiger partial charge in [-0.1, -0.05) is 0 Å². The molecule has 0 aliphatic carbocycles. The van der Waals surface area contributed by atoms with Gasteiger partial charge >= 0.3 is 0 Å². The first kappa shape index (κ1) is 5.34. The van der Waals surface area contributed by atoms with Crippen molar-refractivity contribution in [2.24, 2.45) is 0 Å². The zero-order chi connectivity index (χ0) is 6.43. The van der Waals surface area contributed by atoms with Crippen LogP contribution in [0.15, 0.2) is 0 Å². The third kappa shape index (κ3) is 0.676. The quantitative estimate of drug-likeness (QED) is 0.413. The maximum absolute atomic E-state index is 10.6. The molecule has 3 unspecified atom stereocenters. The zero-order valence-corrected chi connectivity index (χ0v) is 4.61. The van der Waals surface area contributed by atoms with E-state index in [9.17, 15) is 4.79 Å². The molecule has 3 atom stereocenters. The highest BCUT2D eigenvalue weighted by molar-refractivity contribution is 5.87. The number of fused-ring (bicyclic) bond motifs is 1. The lowest BCUT2D eigenvalue weighted by atomic mass is 10.2. The Hall–Kier alpha value is -0.450. The number of carbonyl (C=O) groups is 1. The Bertz CT molecular complexity index is 155. The number of ketones is 1. The molecule has 2 heterocycles. The molecule has 0 radical (unpaired) electrons. The molecule has 2 rings (SSSR count). The van der Waals surface area contributed by atoms with Crippen molar-refractivity contribution in [2.75, 3.05) is 6.61 Å². The van der Waals surface area contributed by atoms with Crippen LogP contribution in [0.2, 0.25) is 0 Å². The van der Waals surface area contributed by atoms with E-state index in [0.717, 1.165) is 0 Å². The molecule has 50 valence electrons. The minimum absolute atomic E-state index is 0.0116. The van der Waals surface area contributed by atoms with Gasteiger partial charge in [0.15, 0.2) is 12.1 Å². The van der Waals surface area contributed by atoms with E-state index in [1.54, 1.807) is 0 Å². The first-order valence-electron chi connectivity index (χ1n) is 2.77. The maximum atomic E-state index is 10.6. The van der Waals surface area contributed by atoms with Crippen LogP contribution in [-0.2, 0) is 14.3 Å². The zero-order valence-electron chi connectivity index (χ0n) is 4.61. The van der Waals surface area contributed by atoms with Crippen molar-refractivity contribution in [3.05, 3.63) is 0 Å². The Balaban J connectivity index is 2.08. The van der Waals surface area contributed by atoms with Gasteiger partial charge in [-0.2, -0.15) is 0 Å². The van der Waals surface area contributed by atoms with Crippen LogP contribution in [0.4, 0.5) is 0 Å². The predicted molar refractivity (Wildman–Crippen MR) is 25.6 cm³/mol. The number of carbonyl (C=O) groups excluding carboxylic acids is 1. The normalized spacial score (nSPS) is 48.6. The number of epoxide rings is 1. The number of Topliss-reactive ketones (excluding diaryl/α,β-unsaturated/α-hetero) is 1. The van der Waals surface area contributed by atoms with E-state index in [1.165, 1.54) is 0 Å². The molecular formula is C5H6O4. The molecule has 1 N–H and O–H groups in total. The molecular weight excluding hydrogens is 124 g/mol. The molecule has 0 aromatic carbocycles. The average molecular weight is 130 g/mol. The second-order valence-corrected chi connectivity index (χ2v) is 2.19. The van der Waals surface area contributed by atoms with Crippen molar-refractivity contribution in [1.82, 2.24) is 0 Å². The van der Waals surface area contributed by atoms with E-state index in [1.807, 2.05) is 0 Å². The van der Waals surface area contributed by atoms with Crippen LogP contribution in [0.1, 0.15) is 0 Å². The second kappa shape index (κ2) is 1.53. The summed E-state index contributed by atoms with van der Waals surface area (Å²) in [4.78, 5) is 10.6. The van der Waals surface area contributed by atoms with E-state index < -0.39 is 6.29 Å². The average Bonchev–Trinajstić information content (AvgIpc) is 2.57. The fraction of sp³-hybridized carbons (Fsp3) is 0.800. The monoisotopic (exact) mass is 130 g/mol. The van der Waals surface area contributed by atoms with Gasteiger partial charge < -0.3 is 14.6 Å². The summed E-state index contributed by atoms with van der Waals surface area (Å²) in [6.07, 6.45) is -1.62. The Morgan fingerprint density at radius 2 is 2.44 bits per heavy atom. The lowest BCUT2D eigenvalue weighted by molar-refractivity contribution is -0.147. The number of aliphatic hydroxyl groups is 1. The first-order valence-corrected chi connectivity index (χ1v) is 2.77. The second-order valence-electron chi connectivity index (χ2n) is 2.19. The van der Waals surface area contributed by atoms with Gasteiger partial charge in [0.2, 0.25) is 0 Å². The van der Waals surface area contributed by atoms with Gasteiger partial charge in [-0.05, 0) is 0 Å². The van der Waals surface area contributed by atoms with Gasteiger partial charge in [-0.15, -0.1) is 0 Å². The number of rotatable bonds is 0. The van der Waals surface area contributed by atoms with Gasteiger partial charge in [-0.3, -0.25) is 4.79 Å². The molecule has 4 nitrogen and oxygen atoms in total. The molecule has 9 heavy (non-hydrogen) atoms. The molecule has 0 saturated carbocycles. The van der Waals surface area contributed by atoms with Crippen LogP contribution in [0.5, 0.6) is 0 Å². The van der Waals surface area contributed by atoms with E-state index in [4.69, 9.17) is 9.84 Å². The van der Waals surface area contributed by atoms with Gasteiger partial charge in [-0.25, -0.2) is 0 Å². The Morgan fingerprint density at radius 1 is 1.67 bits per heavy atom. The fourth-order valence-electron chi connectivity index (χ4n) is 0.944. The molecule has 2 fully saturated rings. The maximum Gasteiger partial charge on any atom is 0.190 e. The lowest BCUT2D eigenvalue weighted by Gasteiger charge is -2.11. The van der Waals surface area contributed by atoms with Gasteiger partial charge in [0.25, 0.3) is 0 Å². The number of ether oxygens (including phenoxy) is 2. The van der Waals surface area contributed by atoms with Crippen LogP contribution >= 0.6 is 0 Å². The standard InChI is InChI=1S/C5H6O4/c6-2-1-8-5(7)4-3(2)9-4/h3-5,7H,1H2. The number of aliphatic hydroxyl groups excluding tert-OH is 1. The van der Waals surface area contributed by atoms with E-state index in [-0.39, 0.29) is 24.6 Å². The summed E-state index contributed by atoms with van der Waals surface area (Å²) in [6, 6.07) is 0. The Labute approximate surface area is 51.4 Å². The minimum Gasteiger partial charge on any atom is -0.366 e. The van der Waals surface area contributed by atoms with Gasteiger partial charge in [0.1, 0.15) is 18.8 Å². The highest BCUT2D eigenvalue weighted by Gasteiger charge is 2.53. The molecule has 4 heteroatoms. The van der Waals surface area contributed by atoms with E-state index >= 15 is 0 Å². The summed E-state index contributed by atoms with van der Waals surface area (Å²) in [5.74, 6) is -0.0645. The Kier molecular flexibility index (Phi) is 0.908. The van der Waals surface area contributed by atoms with Crippen LogP contribution in [0.25, 0.3) is 0 Å². The van der Waals surface area contributed by atoms with Crippen molar-refractivity contribution in [3.63, 3.8) is 0 Å². The summed E-state index contributed by atoms with van der Waals surface area (Å²) in [5.41, 5.74) is 0. The molecule has 0 aromatic rings. The van der Waals surface area contributed by atoms with Crippen LogP contribution in [0, 0.1) is 0 Å². The van der Waals surface area contributed by atoms with Crippen molar-refractivity contribution in [1.29, 1.82) is 0 Å². The van der Waals surface area contributed by atoms with Crippen molar-refractivity contribution in [3.8, 4) is 0 Å². The van der Waals surface area contributed by atoms with Gasteiger partial charge in [0.05, 0.1) is 0 Å². The molecule has 0 amide bonds. The van der Waals surface area contributed by atoms with E-state index in [0.29, 0.717) is 0 Å². The minimum atomic E-state index is -0.882. The predicted octanol–water partition coefficient (Wildman–Crippen LogP) is -1.33. The summed E-state index contributed by atoms with van der Waals surface area (Å²) in [6.45, 7) is -0.0116. The smallest absolute Gasteiger partial charge is 0.190 e. The Morgan fingerprint density at radius 3 is 3.11 bits per heavy atom. The third-order valence-electron chi connectivity index (χ3n) is 1.52.